The fraction of sp³-hybridized carbons (Fsp3) is 0.462. The van der Waals surface area contributed by atoms with Gasteiger partial charge in [0.25, 0.3) is 0 Å². The quantitative estimate of drug-likeness (QED) is 0.855. The highest BCUT2D eigenvalue weighted by Gasteiger charge is 2.37. The summed E-state index contributed by atoms with van der Waals surface area (Å²) in [5, 5.41) is 11.8. The van der Waals surface area contributed by atoms with Crippen LogP contribution in [0, 0.1) is 18.8 Å². The molecule has 0 bridgehead atoms. The first-order valence-corrected chi connectivity index (χ1v) is 6.03. The zero-order valence-corrected chi connectivity index (χ0v) is 10.2. The van der Waals surface area contributed by atoms with E-state index in [1.54, 1.807) is 12.4 Å². The number of carboxylic acids is 1. The number of nitrogens with zero attached hydrogens (tertiary/aromatic N) is 1. The number of aromatic nitrogens is 1. The summed E-state index contributed by atoms with van der Waals surface area (Å²) in [5.41, 5.74) is 1.57. The summed E-state index contributed by atoms with van der Waals surface area (Å²) in [6.07, 6.45) is 5.28. The van der Waals surface area contributed by atoms with Crippen molar-refractivity contribution in [1.29, 1.82) is 0 Å². The summed E-state index contributed by atoms with van der Waals surface area (Å²) >= 11 is 0. The van der Waals surface area contributed by atoms with Crippen LogP contribution in [0.3, 0.4) is 0 Å². The van der Waals surface area contributed by atoms with E-state index in [1.807, 2.05) is 13.0 Å². The molecule has 2 N–H and O–H groups in total. The van der Waals surface area contributed by atoms with Gasteiger partial charge in [-0.05, 0) is 31.4 Å². The summed E-state index contributed by atoms with van der Waals surface area (Å²) in [5.74, 6) is -2.08. The van der Waals surface area contributed by atoms with Crippen molar-refractivity contribution in [3.63, 3.8) is 0 Å². The molecule has 2 unspecified atom stereocenters. The van der Waals surface area contributed by atoms with Crippen LogP contribution in [0.2, 0.25) is 0 Å². The fourth-order valence-corrected chi connectivity index (χ4v) is 2.43. The lowest BCUT2D eigenvalue weighted by Gasteiger charge is -2.15. The standard InChI is InChI=1S/C13H16N2O3/c1-8-5-9(7-14-6-8)15-12(16)10-3-2-4-11(10)13(17)18/h5-7,10-11H,2-4H2,1H3,(H,15,16)(H,17,18). The number of carboxylic acid groups (broad SMARTS) is 1. The van der Waals surface area contributed by atoms with Gasteiger partial charge in [-0.3, -0.25) is 14.6 Å². The maximum absolute atomic E-state index is 12.0. The lowest BCUT2D eigenvalue weighted by Crippen LogP contribution is -2.30. The van der Waals surface area contributed by atoms with Crippen LogP contribution in [-0.4, -0.2) is 22.0 Å². The molecule has 1 aliphatic carbocycles. The number of nitrogens with one attached hydrogen (secondary N) is 1. The Labute approximate surface area is 105 Å². The van der Waals surface area contributed by atoms with Crippen LogP contribution < -0.4 is 5.32 Å². The Kier molecular flexibility index (Phi) is 3.60. The van der Waals surface area contributed by atoms with Crippen LogP contribution in [0.4, 0.5) is 5.69 Å². The molecule has 1 aromatic rings. The molecule has 18 heavy (non-hydrogen) atoms. The van der Waals surface area contributed by atoms with Crippen LogP contribution in [0.15, 0.2) is 18.5 Å². The van der Waals surface area contributed by atoms with Gasteiger partial charge in [-0.1, -0.05) is 6.42 Å². The second kappa shape index (κ2) is 5.16. The molecule has 2 atom stereocenters. The Morgan fingerprint density at radius 3 is 2.72 bits per heavy atom. The van der Waals surface area contributed by atoms with E-state index in [2.05, 4.69) is 10.3 Å². The molecule has 1 aliphatic rings. The summed E-state index contributed by atoms with van der Waals surface area (Å²) in [6, 6.07) is 1.82. The van der Waals surface area contributed by atoms with Gasteiger partial charge >= 0.3 is 5.97 Å². The Bertz CT molecular complexity index is 473. The van der Waals surface area contributed by atoms with Gasteiger partial charge < -0.3 is 10.4 Å². The predicted molar refractivity (Wildman–Crippen MR) is 66.1 cm³/mol. The molecule has 0 spiro atoms. The molecule has 0 aliphatic heterocycles. The molecule has 1 saturated carbocycles. The number of amides is 1. The van der Waals surface area contributed by atoms with Gasteiger partial charge in [0.1, 0.15) is 0 Å². The first-order valence-electron chi connectivity index (χ1n) is 6.03. The minimum absolute atomic E-state index is 0.215. The molecular formula is C13H16N2O3. The van der Waals surface area contributed by atoms with Gasteiger partial charge in [0.05, 0.1) is 23.7 Å². The van der Waals surface area contributed by atoms with Gasteiger partial charge in [0.15, 0.2) is 0 Å². The predicted octanol–water partition coefficient (Wildman–Crippen LogP) is 1.83. The lowest BCUT2D eigenvalue weighted by molar-refractivity contribution is -0.145. The van der Waals surface area contributed by atoms with Crippen LogP contribution in [0.1, 0.15) is 24.8 Å². The molecule has 0 radical (unpaired) electrons. The molecule has 1 fully saturated rings. The van der Waals surface area contributed by atoms with Crippen molar-refractivity contribution in [2.24, 2.45) is 11.8 Å². The minimum atomic E-state index is -0.880. The third-order valence-corrected chi connectivity index (χ3v) is 3.31. The number of rotatable bonds is 3. The molecule has 1 amide bonds. The molecule has 5 heteroatoms. The number of hydrogen-bond acceptors (Lipinski definition) is 3. The van der Waals surface area contributed by atoms with Gasteiger partial charge in [-0.2, -0.15) is 0 Å². The number of aliphatic carboxylic acids is 1. The second-order valence-electron chi connectivity index (χ2n) is 4.72. The first kappa shape index (κ1) is 12.5. The largest absolute Gasteiger partial charge is 0.481 e. The van der Waals surface area contributed by atoms with Crippen molar-refractivity contribution in [2.75, 3.05) is 5.32 Å². The number of carbonyl (C=O) groups is 2. The Hall–Kier alpha value is -1.91. The molecular weight excluding hydrogens is 232 g/mol. The van der Waals surface area contributed by atoms with Crippen LogP contribution in [0.5, 0.6) is 0 Å². The van der Waals surface area contributed by atoms with Crippen LogP contribution in [-0.2, 0) is 9.59 Å². The van der Waals surface area contributed by atoms with E-state index in [1.165, 1.54) is 0 Å². The zero-order chi connectivity index (χ0) is 13.1. The van der Waals surface area contributed by atoms with Crippen molar-refractivity contribution in [3.05, 3.63) is 24.0 Å². The van der Waals surface area contributed by atoms with E-state index < -0.39 is 17.8 Å². The molecule has 2 rings (SSSR count). The van der Waals surface area contributed by atoms with E-state index in [0.29, 0.717) is 18.5 Å². The zero-order valence-electron chi connectivity index (χ0n) is 10.2. The second-order valence-corrected chi connectivity index (χ2v) is 4.72. The highest BCUT2D eigenvalue weighted by molar-refractivity contribution is 5.95. The van der Waals surface area contributed by atoms with Gasteiger partial charge in [-0.15, -0.1) is 0 Å². The number of carbonyl (C=O) groups excluding carboxylic acids is 1. The average Bonchev–Trinajstić information content (AvgIpc) is 2.77. The average molecular weight is 248 g/mol. The van der Waals surface area contributed by atoms with Crippen molar-refractivity contribution in [3.8, 4) is 0 Å². The molecule has 0 saturated heterocycles. The summed E-state index contributed by atoms with van der Waals surface area (Å²) in [7, 11) is 0. The maximum atomic E-state index is 12.0. The first-order chi connectivity index (χ1) is 8.58. The highest BCUT2D eigenvalue weighted by Crippen LogP contribution is 2.32. The van der Waals surface area contributed by atoms with E-state index in [9.17, 15) is 9.59 Å². The molecule has 96 valence electrons. The van der Waals surface area contributed by atoms with Crippen molar-refractivity contribution in [2.45, 2.75) is 26.2 Å². The molecule has 1 aromatic heterocycles. The van der Waals surface area contributed by atoms with Gasteiger partial charge in [-0.25, -0.2) is 0 Å². The summed E-state index contributed by atoms with van der Waals surface area (Å²) in [4.78, 5) is 27.1. The number of hydrogen-bond donors (Lipinski definition) is 2. The van der Waals surface area contributed by atoms with E-state index in [-0.39, 0.29) is 5.91 Å². The summed E-state index contributed by atoms with van der Waals surface area (Å²) < 4.78 is 0. The smallest absolute Gasteiger partial charge is 0.307 e. The van der Waals surface area contributed by atoms with Crippen LogP contribution >= 0.6 is 0 Å². The third-order valence-electron chi connectivity index (χ3n) is 3.31. The number of anilines is 1. The highest BCUT2D eigenvalue weighted by atomic mass is 16.4. The molecule has 1 heterocycles. The van der Waals surface area contributed by atoms with Gasteiger partial charge in [0, 0.05) is 6.20 Å². The Balaban J connectivity index is 2.06. The topological polar surface area (TPSA) is 79.3 Å². The Morgan fingerprint density at radius 2 is 2.06 bits per heavy atom. The van der Waals surface area contributed by atoms with E-state index >= 15 is 0 Å². The van der Waals surface area contributed by atoms with Crippen LogP contribution in [0.25, 0.3) is 0 Å². The summed E-state index contributed by atoms with van der Waals surface area (Å²) in [6.45, 7) is 1.89. The maximum Gasteiger partial charge on any atom is 0.307 e. The fourth-order valence-electron chi connectivity index (χ4n) is 2.43. The SMILES string of the molecule is Cc1cncc(NC(=O)C2CCCC2C(=O)O)c1. The van der Waals surface area contributed by atoms with Crippen molar-refractivity contribution in [1.82, 2.24) is 4.98 Å². The molecule has 0 aromatic carbocycles. The third kappa shape index (κ3) is 2.67. The van der Waals surface area contributed by atoms with Gasteiger partial charge in [0.2, 0.25) is 5.91 Å². The minimum Gasteiger partial charge on any atom is -0.481 e. The number of aryl methyl sites for hydroxylation is 1. The molecule has 5 nitrogen and oxygen atoms in total. The van der Waals surface area contributed by atoms with Crippen molar-refractivity contribution < 1.29 is 14.7 Å². The monoisotopic (exact) mass is 248 g/mol. The Morgan fingerprint density at radius 1 is 1.33 bits per heavy atom. The number of pyridine rings is 1. The van der Waals surface area contributed by atoms with E-state index in [4.69, 9.17) is 5.11 Å². The van der Waals surface area contributed by atoms with Crippen molar-refractivity contribution >= 4 is 17.6 Å². The van der Waals surface area contributed by atoms with E-state index in [0.717, 1.165) is 12.0 Å². The normalized spacial score (nSPS) is 22.7. The lowest BCUT2D eigenvalue weighted by atomic mass is 9.95.